The number of rotatable bonds is 6. The minimum atomic E-state index is -0.167. The Bertz CT molecular complexity index is 1210. The molecule has 28 heavy (non-hydrogen) atoms. The Labute approximate surface area is 160 Å². The number of nitrogens with one attached hydrogen (secondary N) is 1. The zero-order valence-electron chi connectivity index (χ0n) is 15.3. The lowest BCUT2D eigenvalue weighted by molar-refractivity contribution is -0.116. The summed E-state index contributed by atoms with van der Waals surface area (Å²) in [6.07, 6.45) is 5.87. The summed E-state index contributed by atoms with van der Waals surface area (Å²) in [5.74, 6) is 0.891. The van der Waals surface area contributed by atoms with Crippen LogP contribution >= 0.6 is 0 Å². The summed E-state index contributed by atoms with van der Waals surface area (Å²) in [4.78, 5) is 33.6. The van der Waals surface area contributed by atoms with Crippen molar-refractivity contribution >= 4 is 28.4 Å². The van der Waals surface area contributed by atoms with Crippen molar-refractivity contribution in [2.24, 2.45) is 0 Å². The molecule has 4 aromatic heterocycles. The molecule has 0 aliphatic carbocycles. The predicted molar refractivity (Wildman–Crippen MR) is 106 cm³/mol. The average molecular weight is 377 g/mol. The van der Waals surface area contributed by atoms with Gasteiger partial charge in [0, 0.05) is 37.6 Å². The summed E-state index contributed by atoms with van der Waals surface area (Å²) in [7, 11) is 1.56. The second-order valence-electron chi connectivity index (χ2n) is 6.30. The van der Waals surface area contributed by atoms with Crippen LogP contribution in [0.1, 0.15) is 12.8 Å². The van der Waals surface area contributed by atoms with E-state index in [-0.39, 0.29) is 17.9 Å². The summed E-state index contributed by atoms with van der Waals surface area (Å²) in [5.41, 5.74) is 1.93. The molecular weight excluding hydrogens is 358 g/mol. The van der Waals surface area contributed by atoms with Crippen molar-refractivity contribution in [2.75, 3.05) is 12.4 Å². The van der Waals surface area contributed by atoms with Crippen molar-refractivity contribution < 1.29 is 9.53 Å². The number of hydrogen-bond donors (Lipinski definition) is 1. The second kappa shape index (κ2) is 7.51. The van der Waals surface area contributed by atoms with Gasteiger partial charge in [0.2, 0.25) is 5.91 Å². The largest absolute Gasteiger partial charge is 0.497 e. The van der Waals surface area contributed by atoms with Gasteiger partial charge >= 0.3 is 0 Å². The number of fused-ring (bicyclic) bond motifs is 3. The number of pyridine rings is 2. The topological polar surface area (TPSA) is 90.5 Å². The normalized spacial score (nSPS) is 11.0. The van der Waals surface area contributed by atoms with Crippen LogP contribution in [-0.2, 0) is 11.3 Å². The van der Waals surface area contributed by atoms with Gasteiger partial charge in [-0.3, -0.25) is 14.0 Å². The maximum atomic E-state index is 12.8. The number of methoxy groups -OCH3 is 1. The first kappa shape index (κ1) is 17.7. The summed E-state index contributed by atoms with van der Waals surface area (Å²) < 4.78 is 8.58. The molecule has 142 valence electrons. The van der Waals surface area contributed by atoms with E-state index < -0.39 is 0 Å². The quantitative estimate of drug-likeness (QED) is 0.557. The molecule has 4 rings (SSSR count). The molecule has 0 unspecified atom stereocenters. The van der Waals surface area contributed by atoms with Gasteiger partial charge in [-0.15, -0.1) is 0 Å². The van der Waals surface area contributed by atoms with Gasteiger partial charge in [-0.25, -0.2) is 9.97 Å². The van der Waals surface area contributed by atoms with Gasteiger partial charge in [-0.1, -0.05) is 0 Å². The third-order valence-corrected chi connectivity index (χ3v) is 4.52. The van der Waals surface area contributed by atoms with E-state index in [2.05, 4.69) is 15.3 Å². The number of carbonyl (C=O) groups excluding carboxylic acids is 1. The van der Waals surface area contributed by atoms with Gasteiger partial charge < -0.3 is 14.6 Å². The summed E-state index contributed by atoms with van der Waals surface area (Å²) in [5, 5.41) is 2.75. The molecule has 0 spiro atoms. The van der Waals surface area contributed by atoms with E-state index >= 15 is 0 Å². The monoisotopic (exact) mass is 377 g/mol. The van der Waals surface area contributed by atoms with Crippen LogP contribution in [0.4, 0.5) is 5.82 Å². The Morgan fingerprint density at radius 1 is 1.14 bits per heavy atom. The van der Waals surface area contributed by atoms with Gasteiger partial charge in [0.15, 0.2) is 5.65 Å². The standard InChI is InChI=1S/C20H19N5O3/c1-28-14-8-10-21-17(13-14)23-18(26)7-4-12-25-15-5-2-9-22-19(15)24-11-3-6-16(24)20(25)27/h2-3,5-6,8-11,13H,4,7,12H2,1H3,(H,21,23,26). The highest BCUT2D eigenvalue weighted by atomic mass is 16.5. The highest BCUT2D eigenvalue weighted by Crippen LogP contribution is 2.15. The van der Waals surface area contributed by atoms with E-state index in [0.717, 1.165) is 5.52 Å². The number of aryl methyl sites for hydroxylation is 1. The lowest BCUT2D eigenvalue weighted by atomic mass is 10.2. The third kappa shape index (κ3) is 3.32. The summed E-state index contributed by atoms with van der Waals surface area (Å²) >= 11 is 0. The molecule has 0 saturated heterocycles. The Morgan fingerprint density at radius 2 is 2.00 bits per heavy atom. The van der Waals surface area contributed by atoms with Crippen molar-refractivity contribution in [2.45, 2.75) is 19.4 Å². The van der Waals surface area contributed by atoms with Crippen LogP contribution in [-0.4, -0.2) is 32.0 Å². The first-order valence-electron chi connectivity index (χ1n) is 8.92. The summed E-state index contributed by atoms with van der Waals surface area (Å²) in [6.45, 7) is 0.418. The van der Waals surface area contributed by atoms with Crippen molar-refractivity contribution in [3.8, 4) is 5.75 Å². The van der Waals surface area contributed by atoms with Gasteiger partial charge in [-0.2, -0.15) is 0 Å². The molecule has 1 amide bonds. The Hall–Kier alpha value is -3.68. The number of anilines is 1. The highest BCUT2D eigenvalue weighted by Gasteiger charge is 2.12. The van der Waals surface area contributed by atoms with Gasteiger partial charge in [-0.05, 0) is 36.8 Å². The number of nitrogens with zero attached hydrogens (tertiary/aromatic N) is 4. The molecule has 4 aromatic rings. The predicted octanol–water partition coefficient (Wildman–Crippen LogP) is 2.47. The molecule has 0 aliphatic rings. The number of amides is 1. The molecule has 0 bridgehead atoms. The van der Waals surface area contributed by atoms with Crippen LogP contribution in [0.15, 0.2) is 59.8 Å². The number of carbonyl (C=O) groups is 1. The van der Waals surface area contributed by atoms with E-state index in [1.165, 1.54) is 0 Å². The Kier molecular flexibility index (Phi) is 4.76. The van der Waals surface area contributed by atoms with Gasteiger partial charge in [0.25, 0.3) is 5.56 Å². The Balaban J connectivity index is 1.50. The minimum absolute atomic E-state index is 0.0969. The molecule has 0 atom stereocenters. The average Bonchev–Trinajstić information content (AvgIpc) is 3.21. The Morgan fingerprint density at radius 3 is 2.86 bits per heavy atom. The molecule has 8 heteroatoms. The lowest BCUT2D eigenvalue weighted by Crippen LogP contribution is -2.24. The number of aromatic nitrogens is 4. The SMILES string of the molecule is COc1ccnc(NC(=O)CCCn2c(=O)c3cccn3c3ncccc32)c1. The van der Waals surface area contributed by atoms with Crippen molar-refractivity contribution in [3.05, 3.63) is 65.3 Å². The zero-order chi connectivity index (χ0) is 19.5. The number of hydrogen-bond acceptors (Lipinski definition) is 5. The fraction of sp³-hybridized carbons (Fsp3) is 0.200. The third-order valence-electron chi connectivity index (χ3n) is 4.52. The smallest absolute Gasteiger partial charge is 0.275 e. The molecule has 0 saturated carbocycles. The maximum Gasteiger partial charge on any atom is 0.275 e. The zero-order valence-corrected chi connectivity index (χ0v) is 15.3. The van der Waals surface area contributed by atoms with Crippen LogP contribution in [0.25, 0.3) is 16.7 Å². The highest BCUT2D eigenvalue weighted by molar-refractivity contribution is 5.89. The fourth-order valence-corrected chi connectivity index (χ4v) is 3.20. The molecular formula is C20H19N5O3. The molecule has 0 radical (unpaired) electrons. The molecule has 0 fully saturated rings. The van der Waals surface area contributed by atoms with Gasteiger partial charge in [0.1, 0.15) is 17.1 Å². The molecule has 0 aliphatic heterocycles. The van der Waals surface area contributed by atoms with Crippen molar-refractivity contribution in [3.63, 3.8) is 0 Å². The van der Waals surface area contributed by atoms with E-state index in [0.29, 0.717) is 35.7 Å². The first-order chi connectivity index (χ1) is 13.7. The van der Waals surface area contributed by atoms with Gasteiger partial charge in [0.05, 0.1) is 12.6 Å². The molecule has 8 nitrogen and oxygen atoms in total. The maximum absolute atomic E-state index is 12.8. The van der Waals surface area contributed by atoms with E-state index in [1.54, 1.807) is 52.7 Å². The van der Waals surface area contributed by atoms with Crippen molar-refractivity contribution in [1.29, 1.82) is 0 Å². The molecule has 1 N–H and O–H groups in total. The van der Waals surface area contributed by atoms with Crippen LogP contribution in [0.2, 0.25) is 0 Å². The summed E-state index contributed by atoms with van der Waals surface area (Å²) in [6, 6.07) is 10.6. The number of ether oxygens (including phenoxy) is 1. The van der Waals surface area contributed by atoms with Crippen molar-refractivity contribution in [1.82, 2.24) is 18.9 Å². The lowest BCUT2D eigenvalue weighted by Gasteiger charge is -2.12. The minimum Gasteiger partial charge on any atom is -0.497 e. The van der Waals surface area contributed by atoms with E-state index in [1.807, 2.05) is 18.3 Å². The molecule has 0 aromatic carbocycles. The van der Waals surface area contributed by atoms with E-state index in [9.17, 15) is 9.59 Å². The fourth-order valence-electron chi connectivity index (χ4n) is 3.20. The first-order valence-corrected chi connectivity index (χ1v) is 8.92. The van der Waals surface area contributed by atoms with Crippen LogP contribution in [0.3, 0.4) is 0 Å². The van der Waals surface area contributed by atoms with E-state index in [4.69, 9.17) is 4.74 Å². The second-order valence-corrected chi connectivity index (χ2v) is 6.30. The van der Waals surface area contributed by atoms with Crippen LogP contribution < -0.4 is 15.6 Å². The molecule has 4 heterocycles. The van der Waals surface area contributed by atoms with Crippen LogP contribution in [0.5, 0.6) is 5.75 Å². The van der Waals surface area contributed by atoms with Crippen LogP contribution in [0, 0.1) is 0 Å².